The van der Waals surface area contributed by atoms with Gasteiger partial charge in [0.25, 0.3) is 0 Å². The normalized spacial score (nSPS) is 14.9. The molecule has 1 saturated carbocycles. The summed E-state index contributed by atoms with van der Waals surface area (Å²) in [4.78, 5) is 6.89. The van der Waals surface area contributed by atoms with Crippen molar-refractivity contribution in [2.45, 2.75) is 25.5 Å². The highest BCUT2D eigenvalue weighted by Crippen LogP contribution is 2.33. The Morgan fingerprint density at radius 3 is 3.00 bits per heavy atom. The summed E-state index contributed by atoms with van der Waals surface area (Å²) in [6.45, 7) is 4.59. The Morgan fingerprint density at radius 1 is 1.50 bits per heavy atom. The van der Waals surface area contributed by atoms with E-state index in [9.17, 15) is 5.11 Å². The number of aromatic nitrogens is 2. The number of rotatable bonds is 5. The number of aliphatic hydroxyl groups is 1. The van der Waals surface area contributed by atoms with Crippen LogP contribution in [0.1, 0.15) is 18.5 Å². The summed E-state index contributed by atoms with van der Waals surface area (Å²) >= 11 is 0. The minimum Gasteiger partial charge on any atom is -0.390 e. The lowest BCUT2D eigenvalue weighted by molar-refractivity contribution is 0.276. The average Bonchev–Trinajstić information content (AvgIpc) is 3.16. The zero-order valence-electron chi connectivity index (χ0n) is 10.3. The lowest BCUT2D eigenvalue weighted by atomic mass is 10.3. The molecule has 3 rings (SSSR count). The van der Waals surface area contributed by atoms with Crippen LogP contribution in [-0.4, -0.2) is 27.1 Å². The van der Waals surface area contributed by atoms with Crippen molar-refractivity contribution in [2.24, 2.45) is 0 Å². The van der Waals surface area contributed by atoms with E-state index in [1.165, 1.54) is 12.8 Å². The summed E-state index contributed by atoms with van der Waals surface area (Å²) in [5.74, 6) is 0.895. The van der Waals surface area contributed by atoms with Crippen molar-refractivity contribution in [3.63, 3.8) is 0 Å². The third kappa shape index (κ3) is 1.78. The molecular weight excluding hydrogens is 226 g/mol. The Hall–Kier alpha value is -1.81. The highest BCUT2D eigenvalue weighted by atomic mass is 16.3. The topological polar surface area (TPSA) is 40.8 Å². The molecule has 0 atom stereocenters. The predicted octanol–water partition coefficient (Wildman–Crippen LogP) is 1.98. The molecule has 18 heavy (non-hydrogen) atoms. The molecule has 2 aromatic heterocycles. The zero-order chi connectivity index (χ0) is 12.5. The van der Waals surface area contributed by atoms with E-state index in [0.717, 1.165) is 23.7 Å². The van der Waals surface area contributed by atoms with E-state index < -0.39 is 0 Å². The van der Waals surface area contributed by atoms with Gasteiger partial charge in [0.05, 0.1) is 12.3 Å². The molecule has 0 aliphatic heterocycles. The van der Waals surface area contributed by atoms with E-state index in [4.69, 9.17) is 0 Å². The Morgan fingerprint density at radius 2 is 2.33 bits per heavy atom. The lowest BCUT2D eigenvalue weighted by Gasteiger charge is -2.21. The van der Waals surface area contributed by atoms with Crippen LogP contribution in [0, 0.1) is 0 Å². The van der Waals surface area contributed by atoms with Crippen molar-refractivity contribution >= 4 is 11.5 Å². The fourth-order valence-corrected chi connectivity index (χ4v) is 2.34. The number of aliphatic hydroxyl groups excluding tert-OH is 1. The van der Waals surface area contributed by atoms with Gasteiger partial charge in [-0.2, -0.15) is 0 Å². The van der Waals surface area contributed by atoms with Gasteiger partial charge in [0.15, 0.2) is 5.82 Å². The van der Waals surface area contributed by atoms with Gasteiger partial charge in [0.1, 0.15) is 5.65 Å². The molecule has 0 saturated heterocycles. The smallest absolute Gasteiger partial charge is 0.154 e. The first-order valence-corrected chi connectivity index (χ1v) is 6.29. The van der Waals surface area contributed by atoms with E-state index in [1.54, 1.807) is 0 Å². The summed E-state index contributed by atoms with van der Waals surface area (Å²) in [5.41, 5.74) is 1.74. The Bertz CT molecular complexity index is 571. The van der Waals surface area contributed by atoms with Crippen LogP contribution in [0.5, 0.6) is 0 Å². The summed E-state index contributed by atoms with van der Waals surface area (Å²) in [5, 5.41) is 9.61. The molecule has 0 bridgehead atoms. The number of hydrogen-bond donors (Lipinski definition) is 1. The van der Waals surface area contributed by atoms with Crippen LogP contribution in [-0.2, 0) is 6.61 Å². The summed E-state index contributed by atoms with van der Waals surface area (Å²) in [6, 6.07) is 6.43. The van der Waals surface area contributed by atoms with Crippen LogP contribution in [0.2, 0.25) is 0 Å². The van der Waals surface area contributed by atoms with Gasteiger partial charge in [-0.3, -0.25) is 4.40 Å². The van der Waals surface area contributed by atoms with E-state index in [1.807, 2.05) is 34.9 Å². The standard InChI is InChI=1S/C14H17N3O/c1-2-8-16(11-6-7-11)14-12(10-18)17-9-4-3-5-13(17)15-14/h2-5,9,11,18H,1,6-8,10H2. The van der Waals surface area contributed by atoms with Crippen molar-refractivity contribution in [1.82, 2.24) is 9.38 Å². The maximum atomic E-state index is 9.61. The lowest BCUT2D eigenvalue weighted by Crippen LogP contribution is -2.27. The van der Waals surface area contributed by atoms with Crippen LogP contribution >= 0.6 is 0 Å². The van der Waals surface area contributed by atoms with Crippen LogP contribution in [0.25, 0.3) is 5.65 Å². The van der Waals surface area contributed by atoms with Gasteiger partial charge in [-0.15, -0.1) is 6.58 Å². The van der Waals surface area contributed by atoms with Gasteiger partial charge in [-0.25, -0.2) is 4.98 Å². The number of anilines is 1. The van der Waals surface area contributed by atoms with Gasteiger partial charge in [-0.05, 0) is 25.0 Å². The minimum absolute atomic E-state index is 0.000869. The van der Waals surface area contributed by atoms with Gasteiger partial charge in [0.2, 0.25) is 0 Å². The third-order valence-electron chi connectivity index (χ3n) is 3.34. The summed E-state index contributed by atoms with van der Waals surface area (Å²) in [7, 11) is 0. The molecule has 1 fully saturated rings. The number of hydrogen-bond acceptors (Lipinski definition) is 3. The molecule has 0 unspecified atom stereocenters. The molecule has 1 aliphatic rings. The number of pyridine rings is 1. The SMILES string of the molecule is C=CCN(c1nc2ccccn2c1CO)C1CC1. The third-order valence-corrected chi connectivity index (χ3v) is 3.34. The van der Waals surface area contributed by atoms with E-state index in [0.29, 0.717) is 6.04 Å². The van der Waals surface area contributed by atoms with Crippen LogP contribution < -0.4 is 4.90 Å². The summed E-state index contributed by atoms with van der Waals surface area (Å²) < 4.78 is 1.95. The number of nitrogens with zero attached hydrogens (tertiary/aromatic N) is 3. The molecule has 2 heterocycles. The fraction of sp³-hybridized carbons (Fsp3) is 0.357. The monoisotopic (exact) mass is 243 g/mol. The molecular formula is C14H17N3O. The van der Waals surface area contributed by atoms with Gasteiger partial charge in [-0.1, -0.05) is 12.1 Å². The molecule has 4 nitrogen and oxygen atoms in total. The van der Waals surface area contributed by atoms with Crippen LogP contribution in [0.3, 0.4) is 0 Å². The van der Waals surface area contributed by atoms with Crippen molar-refractivity contribution < 1.29 is 5.11 Å². The molecule has 1 aliphatic carbocycles. The first kappa shape index (κ1) is 11.3. The second-order valence-electron chi connectivity index (χ2n) is 4.64. The largest absolute Gasteiger partial charge is 0.390 e. The molecule has 1 N–H and O–H groups in total. The number of fused-ring (bicyclic) bond motifs is 1. The van der Waals surface area contributed by atoms with Gasteiger partial charge < -0.3 is 10.0 Å². The Balaban J connectivity index is 2.11. The number of imidazole rings is 1. The Kier molecular flexibility index (Phi) is 2.80. The maximum absolute atomic E-state index is 9.61. The summed E-state index contributed by atoms with van der Waals surface area (Å²) in [6.07, 6.45) is 6.24. The van der Waals surface area contributed by atoms with Crippen molar-refractivity contribution in [1.29, 1.82) is 0 Å². The van der Waals surface area contributed by atoms with Crippen molar-refractivity contribution in [2.75, 3.05) is 11.4 Å². The molecule has 4 heteroatoms. The van der Waals surface area contributed by atoms with Crippen molar-refractivity contribution in [3.05, 3.63) is 42.7 Å². The quantitative estimate of drug-likeness (QED) is 0.816. The molecule has 0 aromatic carbocycles. The van der Waals surface area contributed by atoms with Crippen LogP contribution in [0.4, 0.5) is 5.82 Å². The second kappa shape index (κ2) is 4.46. The molecule has 0 amide bonds. The average molecular weight is 243 g/mol. The minimum atomic E-state index is 0.000869. The van der Waals surface area contributed by atoms with Crippen molar-refractivity contribution in [3.8, 4) is 0 Å². The molecule has 0 spiro atoms. The molecule has 0 radical (unpaired) electrons. The molecule has 2 aromatic rings. The maximum Gasteiger partial charge on any atom is 0.154 e. The Labute approximate surface area is 106 Å². The van der Waals surface area contributed by atoms with E-state index in [2.05, 4.69) is 16.5 Å². The van der Waals surface area contributed by atoms with E-state index in [-0.39, 0.29) is 6.61 Å². The highest BCUT2D eigenvalue weighted by Gasteiger charge is 2.31. The van der Waals surface area contributed by atoms with Gasteiger partial charge >= 0.3 is 0 Å². The zero-order valence-corrected chi connectivity index (χ0v) is 10.3. The fourth-order valence-electron chi connectivity index (χ4n) is 2.34. The van der Waals surface area contributed by atoms with Gasteiger partial charge in [0, 0.05) is 18.8 Å². The highest BCUT2D eigenvalue weighted by molar-refractivity contribution is 5.57. The molecule has 94 valence electrons. The predicted molar refractivity (Wildman–Crippen MR) is 71.7 cm³/mol. The first-order chi connectivity index (χ1) is 8.85. The van der Waals surface area contributed by atoms with Crippen LogP contribution in [0.15, 0.2) is 37.1 Å². The second-order valence-corrected chi connectivity index (χ2v) is 4.64. The first-order valence-electron chi connectivity index (χ1n) is 6.29. The van der Waals surface area contributed by atoms with E-state index >= 15 is 0 Å².